The molecule has 0 aliphatic rings. The molecule has 0 aliphatic heterocycles. The summed E-state index contributed by atoms with van der Waals surface area (Å²) in [6.07, 6.45) is 5.30. The lowest BCUT2D eigenvalue weighted by Crippen LogP contribution is -2.35. The zero-order valence-corrected chi connectivity index (χ0v) is 27.8. The number of esters is 2. The number of nitrogens with zero attached hydrogens (tertiary/aromatic N) is 4. The van der Waals surface area contributed by atoms with Gasteiger partial charge >= 0.3 is 11.9 Å². The van der Waals surface area contributed by atoms with Crippen LogP contribution in [-0.4, -0.2) is 72.4 Å². The van der Waals surface area contributed by atoms with Crippen LogP contribution in [0.2, 0.25) is 10.0 Å². The standard InChI is InChI=1S/C36H38Cl2N4O4/c1-41(2)33(23-29(31-9-5-7-21-39-31)25-11-15-27(37)16-12-25)45-35(43)19-20-36(44)46-34(42(3)4)24-30(32-10-6-8-22-40-32)26-13-17-28(38)18-14-26/h5-22,29-30,33-34H,23-24H2,1-4H3/b20-19-. The van der Waals surface area contributed by atoms with Gasteiger partial charge in [-0.15, -0.1) is 0 Å². The molecule has 2 heterocycles. The first-order valence-corrected chi connectivity index (χ1v) is 15.6. The quantitative estimate of drug-likeness (QED) is 0.0817. The molecule has 0 amide bonds. The number of hydrogen-bond donors (Lipinski definition) is 0. The molecule has 10 heteroatoms. The number of pyridine rings is 2. The molecule has 4 unspecified atom stereocenters. The van der Waals surface area contributed by atoms with Crippen molar-refractivity contribution in [1.29, 1.82) is 0 Å². The first-order chi connectivity index (χ1) is 22.1. The largest absolute Gasteiger partial charge is 0.443 e. The second kappa shape index (κ2) is 17.0. The fourth-order valence-corrected chi connectivity index (χ4v) is 5.28. The molecule has 2 aromatic heterocycles. The van der Waals surface area contributed by atoms with Gasteiger partial charge in [-0.05, 0) is 87.8 Å². The van der Waals surface area contributed by atoms with Gasteiger partial charge < -0.3 is 9.47 Å². The second-order valence-corrected chi connectivity index (χ2v) is 12.1. The molecular formula is C36H38Cl2N4O4. The summed E-state index contributed by atoms with van der Waals surface area (Å²) in [5.41, 5.74) is 3.65. The summed E-state index contributed by atoms with van der Waals surface area (Å²) < 4.78 is 11.6. The molecule has 0 radical (unpaired) electrons. The van der Waals surface area contributed by atoms with E-state index in [1.807, 2.05) is 123 Å². The van der Waals surface area contributed by atoms with Gasteiger partial charge in [0.05, 0.1) is 0 Å². The minimum Gasteiger partial charge on any atom is -0.443 e. The van der Waals surface area contributed by atoms with Crippen LogP contribution in [0, 0.1) is 0 Å². The Morgan fingerprint density at radius 1 is 0.630 bits per heavy atom. The first-order valence-electron chi connectivity index (χ1n) is 14.9. The van der Waals surface area contributed by atoms with Gasteiger partial charge in [0, 0.05) is 70.7 Å². The van der Waals surface area contributed by atoms with E-state index in [4.69, 9.17) is 32.7 Å². The fraction of sp³-hybridized carbons (Fsp3) is 0.278. The van der Waals surface area contributed by atoms with Crippen molar-refractivity contribution < 1.29 is 19.1 Å². The number of carbonyl (C=O) groups is 2. The Morgan fingerprint density at radius 2 is 1.00 bits per heavy atom. The van der Waals surface area contributed by atoms with Crippen LogP contribution in [0.25, 0.3) is 0 Å². The number of rotatable bonds is 14. The summed E-state index contributed by atoms with van der Waals surface area (Å²) in [6.45, 7) is 0. The Bertz CT molecular complexity index is 1450. The Morgan fingerprint density at radius 3 is 1.30 bits per heavy atom. The predicted octanol–water partition coefficient (Wildman–Crippen LogP) is 6.95. The maximum Gasteiger partial charge on any atom is 0.332 e. The van der Waals surface area contributed by atoms with E-state index >= 15 is 0 Å². The number of halogens is 2. The van der Waals surface area contributed by atoms with Crippen LogP contribution in [-0.2, 0) is 19.1 Å². The highest BCUT2D eigenvalue weighted by molar-refractivity contribution is 6.30. The van der Waals surface area contributed by atoms with Crippen LogP contribution in [0.5, 0.6) is 0 Å². The lowest BCUT2D eigenvalue weighted by atomic mass is 9.91. The van der Waals surface area contributed by atoms with E-state index in [0.29, 0.717) is 22.9 Å². The van der Waals surface area contributed by atoms with E-state index in [0.717, 1.165) is 34.7 Å². The smallest absolute Gasteiger partial charge is 0.332 e. The van der Waals surface area contributed by atoms with Gasteiger partial charge in [-0.3, -0.25) is 19.8 Å². The van der Waals surface area contributed by atoms with Gasteiger partial charge in [-0.1, -0.05) is 59.6 Å². The summed E-state index contributed by atoms with van der Waals surface area (Å²) in [5, 5.41) is 1.26. The van der Waals surface area contributed by atoms with E-state index in [1.54, 1.807) is 12.4 Å². The van der Waals surface area contributed by atoms with E-state index in [2.05, 4.69) is 9.97 Å². The first kappa shape index (κ1) is 34.8. The van der Waals surface area contributed by atoms with E-state index in [1.165, 1.54) is 0 Å². The molecule has 0 bridgehead atoms. The topological polar surface area (TPSA) is 84.9 Å². The number of benzene rings is 2. The third-order valence-electron chi connectivity index (χ3n) is 7.52. The summed E-state index contributed by atoms with van der Waals surface area (Å²) in [4.78, 5) is 38.6. The molecule has 240 valence electrons. The highest BCUT2D eigenvalue weighted by Gasteiger charge is 2.27. The molecule has 4 atom stereocenters. The third-order valence-corrected chi connectivity index (χ3v) is 8.02. The van der Waals surface area contributed by atoms with Gasteiger partial charge in [0.25, 0.3) is 0 Å². The molecule has 0 saturated carbocycles. The molecular weight excluding hydrogens is 623 g/mol. The summed E-state index contributed by atoms with van der Waals surface area (Å²) in [6, 6.07) is 26.5. The van der Waals surface area contributed by atoms with Crippen molar-refractivity contribution >= 4 is 35.1 Å². The maximum atomic E-state index is 13.0. The van der Waals surface area contributed by atoms with Crippen LogP contribution in [0.15, 0.2) is 109 Å². The van der Waals surface area contributed by atoms with Gasteiger partial charge in [-0.2, -0.15) is 0 Å². The minimum absolute atomic E-state index is 0.166. The van der Waals surface area contributed by atoms with E-state index in [-0.39, 0.29) is 11.8 Å². The Hall–Kier alpha value is -4.08. The number of hydrogen-bond acceptors (Lipinski definition) is 8. The second-order valence-electron chi connectivity index (χ2n) is 11.2. The molecule has 0 N–H and O–H groups in total. The zero-order chi connectivity index (χ0) is 33.1. The molecule has 0 spiro atoms. The van der Waals surface area contributed by atoms with Crippen molar-refractivity contribution in [3.05, 3.63) is 142 Å². The van der Waals surface area contributed by atoms with Crippen LogP contribution in [0.4, 0.5) is 0 Å². The van der Waals surface area contributed by atoms with Crippen molar-refractivity contribution in [2.24, 2.45) is 0 Å². The van der Waals surface area contributed by atoms with Gasteiger partial charge in [-0.25, -0.2) is 9.59 Å². The van der Waals surface area contributed by atoms with Gasteiger partial charge in [0.1, 0.15) is 0 Å². The highest BCUT2D eigenvalue weighted by atomic mass is 35.5. The van der Waals surface area contributed by atoms with Crippen LogP contribution in [0.1, 0.15) is 47.2 Å². The van der Waals surface area contributed by atoms with Crippen molar-refractivity contribution in [2.45, 2.75) is 37.1 Å². The Labute approximate surface area is 280 Å². The van der Waals surface area contributed by atoms with Crippen LogP contribution in [0.3, 0.4) is 0 Å². The van der Waals surface area contributed by atoms with E-state index < -0.39 is 24.4 Å². The molecule has 0 aliphatic carbocycles. The molecule has 4 rings (SSSR count). The lowest BCUT2D eigenvalue weighted by molar-refractivity contribution is -0.154. The van der Waals surface area contributed by atoms with Gasteiger partial charge in [0.2, 0.25) is 0 Å². The number of aromatic nitrogens is 2. The number of carbonyl (C=O) groups excluding carboxylic acids is 2. The molecule has 4 aromatic rings. The Balaban J connectivity index is 1.44. The fourth-order valence-electron chi connectivity index (χ4n) is 5.02. The maximum absolute atomic E-state index is 13.0. The van der Waals surface area contributed by atoms with Crippen molar-refractivity contribution in [3.8, 4) is 0 Å². The van der Waals surface area contributed by atoms with Crippen LogP contribution < -0.4 is 0 Å². The van der Waals surface area contributed by atoms with Gasteiger partial charge in [0.15, 0.2) is 12.5 Å². The monoisotopic (exact) mass is 660 g/mol. The Kier molecular flexibility index (Phi) is 12.9. The summed E-state index contributed by atoms with van der Waals surface area (Å²) in [7, 11) is 7.31. The van der Waals surface area contributed by atoms with Crippen molar-refractivity contribution in [1.82, 2.24) is 19.8 Å². The third kappa shape index (κ3) is 10.2. The molecule has 46 heavy (non-hydrogen) atoms. The normalized spacial score (nSPS) is 14.2. The molecule has 2 aromatic carbocycles. The molecule has 0 fully saturated rings. The molecule has 8 nitrogen and oxygen atoms in total. The molecule has 0 saturated heterocycles. The SMILES string of the molecule is CN(C)C(CC(c1ccc(Cl)cc1)c1ccccn1)OC(=O)/C=C\C(=O)OC(CC(c1ccc(Cl)cc1)c1ccccn1)N(C)C. The van der Waals surface area contributed by atoms with E-state index in [9.17, 15) is 9.59 Å². The summed E-state index contributed by atoms with van der Waals surface area (Å²) in [5.74, 6) is -1.66. The van der Waals surface area contributed by atoms with Crippen molar-refractivity contribution in [2.75, 3.05) is 28.2 Å². The predicted molar refractivity (Wildman–Crippen MR) is 181 cm³/mol. The average Bonchev–Trinajstić information content (AvgIpc) is 3.05. The zero-order valence-electron chi connectivity index (χ0n) is 26.3. The van der Waals surface area contributed by atoms with Crippen LogP contribution >= 0.6 is 23.2 Å². The summed E-state index contributed by atoms with van der Waals surface area (Å²) >= 11 is 12.3. The average molecular weight is 662 g/mol. The highest BCUT2D eigenvalue weighted by Crippen LogP contribution is 2.31. The van der Waals surface area contributed by atoms with Crippen molar-refractivity contribution in [3.63, 3.8) is 0 Å². The number of ether oxygens (including phenoxy) is 2. The lowest BCUT2D eigenvalue weighted by Gasteiger charge is -2.28. The minimum atomic E-state index is -0.666.